The average molecular weight is 307 g/mol. The van der Waals surface area contributed by atoms with E-state index in [1.807, 2.05) is 19.1 Å². The van der Waals surface area contributed by atoms with Gasteiger partial charge in [-0.05, 0) is 29.7 Å². The van der Waals surface area contributed by atoms with Crippen LogP contribution in [0.25, 0.3) is 0 Å². The molecule has 2 aromatic rings. The largest absolute Gasteiger partial charge is 0.478 e. The number of pyridine rings is 1. The van der Waals surface area contributed by atoms with Crippen LogP contribution in [0, 0.1) is 0 Å². The summed E-state index contributed by atoms with van der Waals surface area (Å²) in [6.07, 6.45) is 1.93. The van der Waals surface area contributed by atoms with Crippen LogP contribution in [0.1, 0.15) is 28.4 Å². The highest BCUT2D eigenvalue weighted by molar-refractivity contribution is 6.29. The number of benzene rings is 1. The second-order valence-corrected chi connectivity index (χ2v) is 4.82. The molecule has 0 bridgehead atoms. The number of halogens is 1. The van der Waals surface area contributed by atoms with E-state index >= 15 is 0 Å². The number of aliphatic hydroxyl groups excluding tert-OH is 1. The third-order valence-electron chi connectivity index (χ3n) is 3.17. The van der Waals surface area contributed by atoms with Crippen molar-refractivity contribution in [1.82, 2.24) is 4.98 Å². The number of carboxylic acid groups (broad SMARTS) is 1. The number of aromatic nitrogens is 1. The third-order valence-corrected chi connectivity index (χ3v) is 3.37. The molecule has 110 valence electrons. The molecule has 0 unspecified atom stereocenters. The molecule has 0 saturated heterocycles. The van der Waals surface area contributed by atoms with Crippen LogP contribution in [0.4, 0.5) is 11.4 Å². The number of aromatic carboxylic acids is 1. The molecule has 0 fully saturated rings. The van der Waals surface area contributed by atoms with Gasteiger partial charge in [0.05, 0.1) is 12.3 Å². The molecule has 2 rings (SSSR count). The normalized spacial score (nSPS) is 10.4. The van der Waals surface area contributed by atoms with E-state index in [0.717, 1.165) is 16.8 Å². The van der Waals surface area contributed by atoms with E-state index in [0.29, 0.717) is 12.1 Å². The molecule has 0 aliphatic carbocycles. The number of carbonyl (C=O) groups is 1. The number of hydrogen-bond donors (Lipinski definition) is 3. The van der Waals surface area contributed by atoms with Gasteiger partial charge in [-0.1, -0.05) is 30.7 Å². The van der Waals surface area contributed by atoms with Crippen LogP contribution in [0.5, 0.6) is 0 Å². The van der Waals surface area contributed by atoms with Crippen molar-refractivity contribution in [3.8, 4) is 0 Å². The Bertz CT molecular complexity index is 674. The zero-order valence-electron chi connectivity index (χ0n) is 11.4. The van der Waals surface area contributed by atoms with Crippen molar-refractivity contribution in [2.75, 3.05) is 5.32 Å². The Labute approximate surface area is 127 Å². The molecule has 0 aliphatic rings. The predicted octanol–water partition coefficient (Wildman–Crippen LogP) is 3.23. The molecule has 0 atom stereocenters. The molecule has 0 amide bonds. The zero-order valence-corrected chi connectivity index (χ0v) is 12.2. The Kier molecular flexibility index (Phi) is 4.77. The highest BCUT2D eigenvalue weighted by Crippen LogP contribution is 2.28. The van der Waals surface area contributed by atoms with Gasteiger partial charge in [-0.2, -0.15) is 0 Å². The molecule has 1 aromatic heterocycles. The van der Waals surface area contributed by atoms with Gasteiger partial charge in [-0.3, -0.25) is 0 Å². The van der Waals surface area contributed by atoms with Gasteiger partial charge in [0.25, 0.3) is 0 Å². The van der Waals surface area contributed by atoms with E-state index in [4.69, 9.17) is 11.6 Å². The number of anilines is 2. The lowest BCUT2D eigenvalue weighted by Gasteiger charge is -2.15. The van der Waals surface area contributed by atoms with Gasteiger partial charge < -0.3 is 15.5 Å². The standard InChI is InChI=1S/C15H15ClN2O3/c1-2-10-9(8-19)4-3-5-12(10)18-13-6-14(16)17-7-11(13)15(20)21/h3-7,19H,2,8H2,1H3,(H,17,18)(H,20,21). The molecule has 0 aliphatic heterocycles. The molecule has 0 saturated carbocycles. The first-order chi connectivity index (χ1) is 10.1. The van der Waals surface area contributed by atoms with E-state index in [2.05, 4.69) is 10.3 Å². The Morgan fingerprint density at radius 3 is 2.76 bits per heavy atom. The summed E-state index contributed by atoms with van der Waals surface area (Å²) in [5.41, 5.74) is 2.89. The molecule has 3 N–H and O–H groups in total. The minimum absolute atomic E-state index is 0.0378. The third kappa shape index (κ3) is 3.32. The van der Waals surface area contributed by atoms with Crippen molar-refractivity contribution in [3.05, 3.63) is 52.3 Å². The number of nitrogens with one attached hydrogen (secondary N) is 1. The summed E-state index contributed by atoms with van der Waals surface area (Å²) >= 11 is 5.84. The van der Waals surface area contributed by atoms with Crippen molar-refractivity contribution in [2.45, 2.75) is 20.0 Å². The first-order valence-electron chi connectivity index (χ1n) is 6.44. The Morgan fingerprint density at radius 2 is 2.14 bits per heavy atom. The lowest BCUT2D eigenvalue weighted by atomic mass is 10.0. The van der Waals surface area contributed by atoms with Gasteiger partial charge in [0, 0.05) is 11.9 Å². The van der Waals surface area contributed by atoms with Gasteiger partial charge >= 0.3 is 5.97 Å². The Balaban J connectivity index is 2.47. The number of nitrogens with zero attached hydrogens (tertiary/aromatic N) is 1. The summed E-state index contributed by atoms with van der Waals surface area (Å²) in [7, 11) is 0. The highest BCUT2D eigenvalue weighted by Gasteiger charge is 2.14. The lowest BCUT2D eigenvalue weighted by Crippen LogP contribution is -2.06. The van der Waals surface area contributed by atoms with Crippen molar-refractivity contribution in [2.24, 2.45) is 0 Å². The summed E-state index contributed by atoms with van der Waals surface area (Å²) in [4.78, 5) is 15.0. The van der Waals surface area contributed by atoms with Crippen molar-refractivity contribution in [3.63, 3.8) is 0 Å². The van der Waals surface area contributed by atoms with Crippen LogP contribution in [0.15, 0.2) is 30.5 Å². The number of carboxylic acids is 1. The first-order valence-corrected chi connectivity index (χ1v) is 6.82. The summed E-state index contributed by atoms with van der Waals surface area (Å²) in [5.74, 6) is -1.09. The van der Waals surface area contributed by atoms with Crippen LogP contribution in [-0.4, -0.2) is 21.2 Å². The summed E-state index contributed by atoms with van der Waals surface area (Å²) in [6, 6.07) is 6.94. The molecule has 0 radical (unpaired) electrons. The fourth-order valence-electron chi connectivity index (χ4n) is 2.17. The van der Waals surface area contributed by atoms with Crippen LogP contribution < -0.4 is 5.32 Å². The van der Waals surface area contributed by atoms with E-state index < -0.39 is 5.97 Å². The number of aliphatic hydroxyl groups is 1. The maximum atomic E-state index is 11.2. The second kappa shape index (κ2) is 6.56. The highest BCUT2D eigenvalue weighted by atomic mass is 35.5. The summed E-state index contributed by atoms with van der Waals surface area (Å²) in [6.45, 7) is 1.90. The molecule has 1 heterocycles. The van der Waals surface area contributed by atoms with E-state index in [1.165, 1.54) is 12.3 Å². The SMILES string of the molecule is CCc1c(CO)cccc1Nc1cc(Cl)ncc1C(=O)O. The second-order valence-electron chi connectivity index (χ2n) is 4.44. The minimum atomic E-state index is -1.09. The van der Waals surface area contributed by atoms with Crippen molar-refractivity contribution < 1.29 is 15.0 Å². The van der Waals surface area contributed by atoms with Crippen LogP contribution in [-0.2, 0) is 13.0 Å². The lowest BCUT2D eigenvalue weighted by molar-refractivity contribution is 0.0697. The topological polar surface area (TPSA) is 82.5 Å². The smallest absolute Gasteiger partial charge is 0.339 e. The van der Waals surface area contributed by atoms with E-state index in [-0.39, 0.29) is 17.3 Å². The fraction of sp³-hybridized carbons (Fsp3) is 0.200. The molecule has 0 spiro atoms. The molecule has 1 aromatic carbocycles. The van der Waals surface area contributed by atoms with E-state index in [9.17, 15) is 15.0 Å². The van der Waals surface area contributed by atoms with Gasteiger partial charge in [0.1, 0.15) is 10.7 Å². The van der Waals surface area contributed by atoms with Crippen molar-refractivity contribution >= 4 is 28.9 Å². The van der Waals surface area contributed by atoms with Crippen LogP contribution >= 0.6 is 11.6 Å². The predicted molar refractivity (Wildman–Crippen MR) is 81.2 cm³/mol. The van der Waals surface area contributed by atoms with Gasteiger partial charge in [0.15, 0.2) is 0 Å². The summed E-state index contributed by atoms with van der Waals surface area (Å²) in [5, 5.41) is 21.9. The van der Waals surface area contributed by atoms with Crippen LogP contribution in [0.3, 0.4) is 0 Å². The maximum absolute atomic E-state index is 11.2. The molecular weight excluding hydrogens is 292 g/mol. The Morgan fingerprint density at radius 1 is 1.38 bits per heavy atom. The average Bonchev–Trinajstić information content (AvgIpc) is 2.46. The number of hydrogen-bond acceptors (Lipinski definition) is 4. The van der Waals surface area contributed by atoms with Crippen LogP contribution in [0.2, 0.25) is 5.15 Å². The quantitative estimate of drug-likeness (QED) is 0.739. The molecule has 21 heavy (non-hydrogen) atoms. The van der Waals surface area contributed by atoms with Gasteiger partial charge in [-0.15, -0.1) is 0 Å². The molecule has 6 heteroatoms. The zero-order chi connectivity index (χ0) is 15.4. The fourth-order valence-corrected chi connectivity index (χ4v) is 2.32. The van der Waals surface area contributed by atoms with Gasteiger partial charge in [-0.25, -0.2) is 9.78 Å². The summed E-state index contributed by atoms with van der Waals surface area (Å²) < 4.78 is 0. The molecular formula is C15H15ClN2O3. The monoisotopic (exact) mass is 306 g/mol. The maximum Gasteiger partial charge on any atom is 0.339 e. The number of rotatable bonds is 5. The minimum Gasteiger partial charge on any atom is -0.478 e. The first kappa shape index (κ1) is 15.3. The Hall–Kier alpha value is -2.11. The van der Waals surface area contributed by atoms with Crippen molar-refractivity contribution in [1.29, 1.82) is 0 Å². The van der Waals surface area contributed by atoms with E-state index in [1.54, 1.807) is 6.07 Å². The van der Waals surface area contributed by atoms with Gasteiger partial charge in [0.2, 0.25) is 0 Å². The molecule has 5 nitrogen and oxygen atoms in total.